The summed E-state index contributed by atoms with van der Waals surface area (Å²) in [6, 6.07) is 0. The molecule has 482 valence electrons. The van der Waals surface area contributed by atoms with Crippen molar-refractivity contribution in [1.29, 1.82) is 0 Å². The summed E-state index contributed by atoms with van der Waals surface area (Å²) in [6.07, 6.45) is 92.0. The number of rotatable bonds is 61. The zero-order chi connectivity index (χ0) is 61.9. The van der Waals surface area contributed by atoms with Crippen LogP contribution in [-0.2, 0) is 33.3 Å². The first-order valence-corrected chi connectivity index (χ1v) is 34.0. The number of nitrogens with zero attached hydrogens (tertiary/aromatic N) is 1. The number of ether oxygens (including phenoxy) is 4. The second-order valence-corrected chi connectivity index (χ2v) is 23.4. The average Bonchev–Trinajstić information content (AvgIpc) is 3.49. The third kappa shape index (κ3) is 66.5. The van der Waals surface area contributed by atoms with Gasteiger partial charge in [-0.05, 0) is 122 Å². The van der Waals surface area contributed by atoms with Gasteiger partial charge in [0.05, 0.1) is 40.3 Å². The third-order valence-corrected chi connectivity index (χ3v) is 14.1. The van der Waals surface area contributed by atoms with E-state index in [0.29, 0.717) is 17.4 Å². The van der Waals surface area contributed by atoms with Crippen LogP contribution in [0.2, 0.25) is 0 Å². The van der Waals surface area contributed by atoms with Crippen LogP contribution in [0.15, 0.2) is 146 Å². The minimum absolute atomic E-state index is 0.140. The Hall–Kier alpha value is -4.83. The summed E-state index contributed by atoms with van der Waals surface area (Å²) in [5, 5.41) is 11.8. The number of carbonyl (C=O) groups excluding carboxylic acids is 3. The summed E-state index contributed by atoms with van der Waals surface area (Å²) in [4.78, 5) is 37.4. The molecule has 0 bridgehead atoms. The molecule has 2 atom stereocenters. The lowest BCUT2D eigenvalue weighted by Gasteiger charge is -2.26. The first-order chi connectivity index (χ1) is 41.6. The van der Waals surface area contributed by atoms with Crippen molar-refractivity contribution in [2.45, 2.75) is 270 Å². The molecule has 0 saturated heterocycles. The van der Waals surface area contributed by atoms with Crippen LogP contribution in [0, 0.1) is 0 Å². The number of hydrogen-bond acceptors (Lipinski definition) is 8. The van der Waals surface area contributed by atoms with Gasteiger partial charge in [-0.25, -0.2) is 0 Å². The van der Waals surface area contributed by atoms with Gasteiger partial charge in [-0.2, -0.15) is 0 Å². The number of hydrogen-bond donors (Lipinski definition) is 0. The standard InChI is InChI=1S/C76H125NO8/c1-6-8-10-12-14-16-18-20-22-24-26-27-28-29-30-31-32-33-34-35-36-37-38-39-40-41-42-43-44-45-46-47-49-51-53-55-57-59-61-63-65-67-74(79)85-72(71-84-76(75(80)81)82-69-68-77(3,4)5)70-83-73(78)66-64-62-60-58-56-54-52-50-48-25-23-21-19-17-15-13-11-9-7-2/h8,10,14-17,20-23,26-27,29-30,32-33,35-36,38-39,41-42,44-45,72,76H,6-7,9,11-13,18-19,24-25,28,31,34,37,40,43,46-71H2,1-5H3/b10-8-,16-14-,17-15-,22-20-,23-21-,27-26-,30-29-,33-32-,36-35-,39-38-,42-41-,45-44-. The van der Waals surface area contributed by atoms with E-state index in [-0.39, 0.29) is 38.6 Å². The van der Waals surface area contributed by atoms with E-state index >= 15 is 0 Å². The second-order valence-electron chi connectivity index (χ2n) is 23.4. The molecule has 9 heteroatoms. The largest absolute Gasteiger partial charge is 0.545 e. The zero-order valence-corrected chi connectivity index (χ0v) is 54.9. The van der Waals surface area contributed by atoms with Crippen LogP contribution in [-0.4, -0.2) is 82.3 Å². The zero-order valence-electron chi connectivity index (χ0n) is 54.9. The second kappa shape index (κ2) is 65.2. The summed E-state index contributed by atoms with van der Waals surface area (Å²) >= 11 is 0. The molecule has 0 radical (unpaired) electrons. The Morgan fingerprint density at radius 2 is 0.671 bits per heavy atom. The number of quaternary nitrogens is 1. The van der Waals surface area contributed by atoms with Gasteiger partial charge in [0.1, 0.15) is 13.2 Å². The molecular formula is C76H125NO8. The first-order valence-electron chi connectivity index (χ1n) is 34.0. The lowest BCUT2D eigenvalue weighted by atomic mass is 10.0. The molecule has 0 aliphatic carbocycles. The van der Waals surface area contributed by atoms with Crippen molar-refractivity contribution < 1.29 is 42.9 Å². The molecule has 0 aromatic heterocycles. The molecule has 9 nitrogen and oxygen atoms in total. The van der Waals surface area contributed by atoms with Crippen LogP contribution < -0.4 is 5.11 Å². The highest BCUT2D eigenvalue weighted by molar-refractivity contribution is 5.70. The van der Waals surface area contributed by atoms with Crippen LogP contribution in [0.4, 0.5) is 0 Å². The number of carbonyl (C=O) groups is 3. The number of esters is 2. The molecule has 0 fully saturated rings. The van der Waals surface area contributed by atoms with Crippen LogP contribution in [0.1, 0.15) is 258 Å². The quantitative estimate of drug-likeness (QED) is 0.0195. The Morgan fingerprint density at radius 1 is 0.365 bits per heavy atom. The fraction of sp³-hybridized carbons (Fsp3) is 0.645. The number of carboxylic acid groups (broad SMARTS) is 1. The van der Waals surface area contributed by atoms with E-state index in [1.165, 1.54) is 96.3 Å². The SMILES string of the molecule is CC/C=C\C/C=C\C/C=C\C/C=C\C/C=C\C/C=C\C/C=C\C/C=C\C/C=C\C/C=C\CCCCCCCCCCCCC(=O)OC(COC(=O)CCCCCCCCCCC/C=C\C/C=C\CCCCC)COC(OCC[N+](C)(C)C)C(=O)[O-]. The van der Waals surface area contributed by atoms with Crippen molar-refractivity contribution in [3.05, 3.63) is 146 Å². The first kappa shape index (κ1) is 80.2. The predicted octanol–water partition coefficient (Wildman–Crippen LogP) is 19.8. The maximum atomic E-state index is 12.9. The number of carboxylic acids is 1. The van der Waals surface area contributed by atoms with E-state index < -0.39 is 24.3 Å². The van der Waals surface area contributed by atoms with Crippen molar-refractivity contribution >= 4 is 17.9 Å². The molecule has 0 rings (SSSR count). The van der Waals surface area contributed by atoms with Gasteiger partial charge in [0.25, 0.3) is 0 Å². The summed E-state index contributed by atoms with van der Waals surface area (Å²) in [7, 11) is 5.92. The summed E-state index contributed by atoms with van der Waals surface area (Å²) < 4.78 is 22.7. The molecule has 85 heavy (non-hydrogen) atoms. The fourth-order valence-electron chi connectivity index (χ4n) is 8.89. The topological polar surface area (TPSA) is 111 Å². The Bertz CT molecular complexity index is 1900. The molecule has 0 heterocycles. The Kier molecular flexibility index (Phi) is 61.4. The van der Waals surface area contributed by atoms with E-state index in [0.717, 1.165) is 128 Å². The minimum atomic E-state index is -1.63. The Morgan fingerprint density at radius 3 is 1.00 bits per heavy atom. The molecule has 2 unspecified atom stereocenters. The number of likely N-dealkylation sites (N-methyl/N-ethyl adjacent to an activating group) is 1. The van der Waals surface area contributed by atoms with Crippen LogP contribution >= 0.6 is 0 Å². The summed E-state index contributed by atoms with van der Waals surface area (Å²) in [5.74, 6) is -2.30. The summed E-state index contributed by atoms with van der Waals surface area (Å²) in [6.45, 7) is 4.59. The maximum absolute atomic E-state index is 12.9. The molecule has 0 amide bonds. The van der Waals surface area contributed by atoms with Crippen LogP contribution in [0.3, 0.4) is 0 Å². The average molecular weight is 1180 g/mol. The van der Waals surface area contributed by atoms with Gasteiger partial charge >= 0.3 is 11.9 Å². The number of aliphatic carboxylic acids is 1. The van der Waals surface area contributed by atoms with E-state index in [1.54, 1.807) is 0 Å². The summed E-state index contributed by atoms with van der Waals surface area (Å²) in [5.41, 5.74) is 0. The van der Waals surface area contributed by atoms with Gasteiger partial charge in [0.15, 0.2) is 12.4 Å². The van der Waals surface area contributed by atoms with Gasteiger partial charge in [0.2, 0.25) is 0 Å². The highest BCUT2D eigenvalue weighted by atomic mass is 16.7. The van der Waals surface area contributed by atoms with Gasteiger partial charge in [-0.15, -0.1) is 0 Å². The predicted molar refractivity (Wildman–Crippen MR) is 361 cm³/mol. The maximum Gasteiger partial charge on any atom is 0.306 e. The highest BCUT2D eigenvalue weighted by Gasteiger charge is 2.22. The van der Waals surface area contributed by atoms with Crippen LogP contribution in [0.5, 0.6) is 0 Å². The molecule has 0 N–H and O–H groups in total. The minimum Gasteiger partial charge on any atom is -0.545 e. The molecule has 0 spiro atoms. The Balaban J connectivity index is 4.15. The van der Waals surface area contributed by atoms with Crippen molar-refractivity contribution in [1.82, 2.24) is 0 Å². The molecule has 0 aromatic carbocycles. The van der Waals surface area contributed by atoms with E-state index in [1.807, 2.05) is 21.1 Å². The fourth-order valence-corrected chi connectivity index (χ4v) is 8.89. The van der Waals surface area contributed by atoms with Crippen molar-refractivity contribution in [3.8, 4) is 0 Å². The highest BCUT2D eigenvalue weighted by Crippen LogP contribution is 2.15. The number of allylic oxidation sites excluding steroid dienone is 24. The Labute approximate surface area is 522 Å². The normalized spacial score (nSPS) is 13.7. The molecule has 0 aliphatic rings. The van der Waals surface area contributed by atoms with Gasteiger partial charge < -0.3 is 33.3 Å². The van der Waals surface area contributed by atoms with Crippen molar-refractivity contribution in [2.75, 3.05) is 47.5 Å². The van der Waals surface area contributed by atoms with Crippen LogP contribution in [0.25, 0.3) is 0 Å². The van der Waals surface area contributed by atoms with E-state index in [2.05, 4.69) is 160 Å². The lowest BCUT2D eigenvalue weighted by Crippen LogP contribution is -2.44. The van der Waals surface area contributed by atoms with Crippen molar-refractivity contribution in [2.24, 2.45) is 0 Å². The van der Waals surface area contributed by atoms with Gasteiger partial charge in [-0.1, -0.05) is 269 Å². The van der Waals surface area contributed by atoms with Gasteiger partial charge in [-0.3, -0.25) is 9.59 Å². The van der Waals surface area contributed by atoms with Crippen molar-refractivity contribution in [3.63, 3.8) is 0 Å². The van der Waals surface area contributed by atoms with Gasteiger partial charge in [0, 0.05) is 12.8 Å². The van der Waals surface area contributed by atoms with E-state index in [9.17, 15) is 19.5 Å². The molecule has 0 aromatic rings. The molecule has 0 aliphatic heterocycles. The third-order valence-electron chi connectivity index (χ3n) is 14.1. The monoisotopic (exact) mass is 1180 g/mol. The lowest BCUT2D eigenvalue weighted by molar-refractivity contribution is -0.870. The van der Waals surface area contributed by atoms with E-state index in [4.69, 9.17) is 18.9 Å². The molecular weight excluding hydrogens is 1050 g/mol. The smallest absolute Gasteiger partial charge is 0.306 e. The molecule has 0 saturated carbocycles. The number of unbranched alkanes of at least 4 members (excludes halogenated alkanes) is 22.